The van der Waals surface area contributed by atoms with Crippen molar-refractivity contribution >= 4 is 27.5 Å². The normalized spacial score (nSPS) is 24.1. The minimum absolute atomic E-state index is 0.289. The lowest BCUT2D eigenvalue weighted by atomic mass is 10.2. The first-order chi connectivity index (χ1) is 7.12. The Morgan fingerprint density at radius 3 is 2.93 bits per heavy atom. The zero-order valence-electron chi connectivity index (χ0n) is 8.05. The van der Waals surface area contributed by atoms with Crippen LogP contribution in [0, 0.1) is 0 Å². The molecular formula is C9H11NO3S2. The van der Waals surface area contributed by atoms with Gasteiger partial charge < -0.3 is 0 Å². The summed E-state index contributed by atoms with van der Waals surface area (Å²) in [6.07, 6.45) is 4.16. The van der Waals surface area contributed by atoms with E-state index in [0.29, 0.717) is 17.1 Å². The minimum atomic E-state index is -2.90. The molecule has 0 aliphatic carbocycles. The SMILES string of the molecule is O=Cc1cnc(CC2CCCS2(=O)=O)s1. The summed E-state index contributed by atoms with van der Waals surface area (Å²) in [6.45, 7) is 0. The number of rotatable bonds is 3. The predicted octanol–water partition coefficient (Wildman–Crippen LogP) is 1.08. The lowest BCUT2D eigenvalue weighted by molar-refractivity contribution is 0.112. The Labute approximate surface area is 92.3 Å². The second-order valence-electron chi connectivity index (χ2n) is 3.61. The number of thiazole rings is 1. The number of hydrogen-bond acceptors (Lipinski definition) is 5. The van der Waals surface area contributed by atoms with Crippen LogP contribution in [0.2, 0.25) is 0 Å². The Hall–Kier alpha value is -0.750. The number of aldehydes is 1. The van der Waals surface area contributed by atoms with E-state index >= 15 is 0 Å². The first kappa shape index (κ1) is 10.8. The largest absolute Gasteiger partial charge is 0.297 e. The van der Waals surface area contributed by atoms with Crippen LogP contribution in [0.4, 0.5) is 0 Å². The van der Waals surface area contributed by atoms with Crippen LogP contribution in [0.15, 0.2) is 6.20 Å². The maximum atomic E-state index is 11.5. The molecule has 0 radical (unpaired) electrons. The van der Waals surface area contributed by atoms with E-state index in [1.165, 1.54) is 17.5 Å². The van der Waals surface area contributed by atoms with Crippen molar-refractivity contribution in [2.45, 2.75) is 24.5 Å². The maximum absolute atomic E-state index is 11.5. The molecule has 0 spiro atoms. The van der Waals surface area contributed by atoms with Crippen molar-refractivity contribution in [3.05, 3.63) is 16.1 Å². The number of aromatic nitrogens is 1. The third kappa shape index (κ3) is 2.26. The van der Waals surface area contributed by atoms with Crippen LogP contribution in [-0.4, -0.2) is 30.7 Å². The second-order valence-corrected chi connectivity index (χ2v) is 7.16. The summed E-state index contributed by atoms with van der Waals surface area (Å²) in [4.78, 5) is 15.0. The first-order valence-corrected chi connectivity index (χ1v) is 7.26. The molecule has 1 aliphatic heterocycles. The molecule has 0 saturated carbocycles. The van der Waals surface area contributed by atoms with Crippen LogP contribution in [0.5, 0.6) is 0 Å². The van der Waals surface area contributed by atoms with Crippen LogP contribution in [-0.2, 0) is 16.3 Å². The Bertz CT molecular complexity index is 463. The molecule has 2 heterocycles. The zero-order valence-corrected chi connectivity index (χ0v) is 9.68. The van der Waals surface area contributed by atoms with Crippen molar-refractivity contribution in [2.24, 2.45) is 0 Å². The fraction of sp³-hybridized carbons (Fsp3) is 0.556. The van der Waals surface area contributed by atoms with Gasteiger partial charge in [0.15, 0.2) is 16.1 Å². The van der Waals surface area contributed by atoms with E-state index in [-0.39, 0.29) is 5.25 Å². The Balaban J connectivity index is 2.12. The molecule has 1 unspecified atom stereocenters. The third-order valence-corrected chi connectivity index (χ3v) is 5.77. The zero-order chi connectivity index (χ0) is 10.9. The highest BCUT2D eigenvalue weighted by Gasteiger charge is 2.31. The standard InChI is InChI=1S/C9H11NO3S2/c11-6-7-5-10-9(14-7)4-8-2-1-3-15(8,12)13/h5-6,8H,1-4H2. The van der Waals surface area contributed by atoms with E-state index in [1.807, 2.05) is 0 Å². The van der Waals surface area contributed by atoms with E-state index in [9.17, 15) is 13.2 Å². The van der Waals surface area contributed by atoms with Crippen LogP contribution in [0.3, 0.4) is 0 Å². The smallest absolute Gasteiger partial charge is 0.161 e. The number of carbonyl (C=O) groups excluding carboxylic acids is 1. The highest BCUT2D eigenvalue weighted by Crippen LogP contribution is 2.25. The molecule has 1 atom stereocenters. The van der Waals surface area contributed by atoms with Gasteiger partial charge in [0.2, 0.25) is 0 Å². The predicted molar refractivity (Wildman–Crippen MR) is 58.0 cm³/mol. The molecule has 0 N–H and O–H groups in total. The van der Waals surface area contributed by atoms with Crippen LogP contribution < -0.4 is 0 Å². The molecule has 1 fully saturated rings. The van der Waals surface area contributed by atoms with E-state index in [1.54, 1.807) is 0 Å². The second kappa shape index (κ2) is 4.02. The number of carbonyl (C=O) groups is 1. The van der Waals surface area contributed by atoms with Gasteiger partial charge in [-0.1, -0.05) is 0 Å². The maximum Gasteiger partial charge on any atom is 0.161 e. The van der Waals surface area contributed by atoms with Gasteiger partial charge in [-0.25, -0.2) is 13.4 Å². The van der Waals surface area contributed by atoms with Gasteiger partial charge in [-0.15, -0.1) is 11.3 Å². The molecule has 6 heteroatoms. The Kier molecular flexibility index (Phi) is 2.88. The molecule has 1 saturated heterocycles. The molecule has 15 heavy (non-hydrogen) atoms. The number of nitrogens with zero attached hydrogens (tertiary/aromatic N) is 1. The van der Waals surface area contributed by atoms with Crippen LogP contribution in [0.25, 0.3) is 0 Å². The molecule has 0 amide bonds. The molecule has 1 aromatic heterocycles. The lowest BCUT2D eigenvalue weighted by Crippen LogP contribution is -2.18. The highest BCUT2D eigenvalue weighted by molar-refractivity contribution is 7.92. The summed E-state index contributed by atoms with van der Waals surface area (Å²) < 4.78 is 23.1. The van der Waals surface area contributed by atoms with Crippen molar-refractivity contribution in [1.82, 2.24) is 4.98 Å². The average Bonchev–Trinajstić information content (AvgIpc) is 2.75. The van der Waals surface area contributed by atoms with Crippen molar-refractivity contribution < 1.29 is 13.2 Å². The van der Waals surface area contributed by atoms with Gasteiger partial charge in [0.25, 0.3) is 0 Å². The average molecular weight is 245 g/mol. The fourth-order valence-electron chi connectivity index (χ4n) is 1.76. The molecule has 82 valence electrons. The van der Waals surface area contributed by atoms with Crippen LogP contribution in [0.1, 0.15) is 27.5 Å². The monoisotopic (exact) mass is 245 g/mol. The fourth-order valence-corrected chi connectivity index (χ4v) is 4.52. The van der Waals surface area contributed by atoms with Crippen molar-refractivity contribution in [3.63, 3.8) is 0 Å². The van der Waals surface area contributed by atoms with Gasteiger partial charge >= 0.3 is 0 Å². The molecule has 2 rings (SSSR count). The van der Waals surface area contributed by atoms with Crippen molar-refractivity contribution in [3.8, 4) is 0 Å². The summed E-state index contributed by atoms with van der Waals surface area (Å²) in [6, 6.07) is 0. The summed E-state index contributed by atoms with van der Waals surface area (Å²) in [5, 5.41) is 0.454. The summed E-state index contributed by atoms with van der Waals surface area (Å²) in [7, 11) is -2.90. The van der Waals surface area contributed by atoms with Gasteiger partial charge in [0.1, 0.15) is 0 Å². The summed E-state index contributed by atoms with van der Waals surface area (Å²) in [5.74, 6) is 0.295. The molecule has 1 aromatic rings. The molecule has 0 bridgehead atoms. The molecule has 0 aromatic carbocycles. The Morgan fingerprint density at radius 1 is 1.60 bits per heavy atom. The van der Waals surface area contributed by atoms with Crippen molar-refractivity contribution in [1.29, 1.82) is 0 Å². The van der Waals surface area contributed by atoms with Gasteiger partial charge in [0.05, 0.1) is 20.9 Å². The van der Waals surface area contributed by atoms with Gasteiger partial charge in [-0.2, -0.15) is 0 Å². The van der Waals surface area contributed by atoms with Crippen molar-refractivity contribution in [2.75, 3.05) is 5.75 Å². The third-order valence-electron chi connectivity index (χ3n) is 2.55. The molecular weight excluding hydrogens is 234 g/mol. The highest BCUT2D eigenvalue weighted by atomic mass is 32.2. The Morgan fingerprint density at radius 2 is 2.40 bits per heavy atom. The number of hydrogen-bond donors (Lipinski definition) is 0. The first-order valence-electron chi connectivity index (χ1n) is 4.73. The summed E-state index contributed by atoms with van der Waals surface area (Å²) >= 11 is 1.28. The van der Waals surface area contributed by atoms with E-state index in [4.69, 9.17) is 0 Å². The number of sulfone groups is 1. The van der Waals surface area contributed by atoms with E-state index in [2.05, 4.69) is 4.98 Å². The molecule has 1 aliphatic rings. The van der Waals surface area contributed by atoms with Gasteiger partial charge in [0, 0.05) is 12.6 Å². The van der Waals surface area contributed by atoms with Gasteiger partial charge in [-0.3, -0.25) is 4.79 Å². The quantitative estimate of drug-likeness (QED) is 0.747. The van der Waals surface area contributed by atoms with Gasteiger partial charge in [-0.05, 0) is 12.8 Å². The van der Waals surface area contributed by atoms with Crippen LogP contribution >= 0.6 is 11.3 Å². The van der Waals surface area contributed by atoms with E-state index < -0.39 is 9.84 Å². The summed E-state index contributed by atoms with van der Waals surface area (Å²) in [5.41, 5.74) is 0. The minimum Gasteiger partial charge on any atom is -0.297 e. The van der Waals surface area contributed by atoms with E-state index in [0.717, 1.165) is 24.1 Å². The topological polar surface area (TPSA) is 64.1 Å². The lowest BCUT2D eigenvalue weighted by Gasteiger charge is -2.05. The molecule has 4 nitrogen and oxygen atoms in total.